The summed E-state index contributed by atoms with van der Waals surface area (Å²) in [6, 6.07) is 5.91. The summed E-state index contributed by atoms with van der Waals surface area (Å²) in [6.45, 7) is 3.06. The minimum atomic E-state index is 0.0792. The van der Waals surface area contributed by atoms with Crippen LogP contribution in [0.5, 0.6) is 5.75 Å². The van der Waals surface area contributed by atoms with E-state index in [9.17, 15) is 5.11 Å². The third-order valence-corrected chi connectivity index (χ3v) is 2.68. The van der Waals surface area contributed by atoms with Gasteiger partial charge in [0, 0.05) is 29.8 Å². The van der Waals surface area contributed by atoms with Crippen LogP contribution < -0.4 is 4.74 Å². The summed E-state index contributed by atoms with van der Waals surface area (Å²) in [7, 11) is 1.66. The average Bonchev–Trinajstić information content (AvgIpc) is 2.65. The topological polar surface area (TPSA) is 34.4 Å². The second kappa shape index (κ2) is 3.95. The molecule has 1 heterocycles. The fraction of sp³-hybridized carbons (Fsp3) is 0.333. The summed E-state index contributed by atoms with van der Waals surface area (Å²) in [4.78, 5) is 0. The summed E-state index contributed by atoms with van der Waals surface area (Å²) in [6.07, 6.45) is 1.99. The smallest absolute Gasteiger partial charge is 0.120 e. The van der Waals surface area contributed by atoms with Crippen molar-refractivity contribution >= 4 is 10.9 Å². The summed E-state index contributed by atoms with van der Waals surface area (Å²) < 4.78 is 7.30. The second-order valence-corrected chi connectivity index (χ2v) is 3.48. The molecule has 0 aliphatic rings. The molecule has 0 unspecified atom stereocenters. The van der Waals surface area contributed by atoms with Gasteiger partial charge in [-0.3, -0.25) is 0 Å². The molecular weight excluding hydrogens is 190 g/mol. The number of aromatic nitrogens is 1. The Hall–Kier alpha value is -1.48. The number of benzene rings is 1. The van der Waals surface area contributed by atoms with Crippen molar-refractivity contribution in [1.29, 1.82) is 0 Å². The van der Waals surface area contributed by atoms with E-state index in [2.05, 4.69) is 11.5 Å². The predicted octanol–water partition coefficient (Wildman–Crippen LogP) is 2.16. The van der Waals surface area contributed by atoms with Gasteiger partial charge in [0.2, 0.25) is 0 Å². The largest absolute Gasteiger partial charge is 0.497 e. The van der Waals surface area contributed by atoms with Crippen molar-refractivity contribution in [3.05, 3.63) is 30.0 Å². The van der Waals surface area contributed by atoms with Crippen LogP contribution in [0.2, 0.25) is 0 Å². The van der Waals surface area contributed by atoms with Gasteiger partial charge in [0.15, 0.2) is 0 Å². The Kier molecular flexibility index (Phi) is 2.64. The summed E-state index contributed by atoms with van der Waals surface area (Å²) in [5.74, 6) is 0.847. The van der Waals surface area contributed by atoms with E-state index in [4.69, 9.17) is 4.74 Å². The van der Waals surface area contributed by atoms with Crippen LogP contribution in [0.25, 0.3) is 10.9 Å². The standard InChI is InChI=1S/C12H15NO2/c1-3-13-7-9(8-14)11-5-4-10(15-2)6-12(11)13/h4-7,14H,3,8H2,1-2H3. The molecule has 0 bridgehead atoms. The van der Waals surface area contributed by atoms with E-state index in [0.29, 0.717) is 0 Å². The van der Waals surface area contributed by atoms with Crippen molar-refractivity contribution in [1.82, 2.24) is 4.57 Å². The first-order valence-corrected chi connectivity index (χ1v) is 5.06. The number of ether oxygens (including phenoxy) is 1. The second-order valence-electron chi connectivity index (χ2n) is 3.48. The Morgan fingerprint density at radius 2 is 2.20 bits per heavy atom. The monoisotopic (exact) mass is 205 g/mol. The van der Waals surface area contributed by atoms with Crippen LogP contribution >= 0.6 is 0 Å². The molecule has 1 aromatic heterocycles. The van der Waals surface area contributed by atoms with E-state index in [0.717, 1.165) is 28.8 Å². The highest BCUT2D eigenvalue weighted by atomic mass is 16.5. The van der Waals surface area contributed by atoms with Gasteiger partial charge in [0.05, 0.1) is 19.2 Å². The van der Waals surface area contributed by atoms with Crippen molar-refractivity contribution in [2.75, 3.05) is 7.11 Å². The number of methoxy groups -OCH3 is 1. The maximum Gasteiger partial charge on any atom is 0.120 e. The quantitative estimate of drug-likeness (QED) is 0.833. The first-order valence-electron chi connectivity index (χ1n) is 5.06. The van der Waals surface area contributed by atoms with Gasteiger partial charge in [-0.05, 0) is 19.1 Å². The first kappa shape index (κ1) is 10.1. The zero-order valence-corrected chi connectivity index (χ0v) is 9.03. The zero-order chi connectivity index (χ0) is 10.8. The fourth-order valence-corrected chi connectivity index (χ4v) is 1.86. The SMILES string of the molecule is CCn1cc(CO)c2ccc(OC)cc21. The Balaban J connectivity index is 2.68. The van der Waals surface area contributed by atoms with E-state index in [1.807, 2.05) is 24.4 Å². The lowest BCUT2D eigenvalue weighted by Gasteiger charge is -2.03. The van der Waals surface area contributed by atoms with Crippen LogP contribution in [-0.2, 0) is 13.2 Å². The molecule has 0 aliphatic carbocycles. The van der Waals surface area contributed by atoms with Crippen molar-refractivity contribution in [3.8, 4) is 5.75 Å². The Labute approximate surface area is 88.9 Å². The van der Waals surface area contributed by atoms with Crippen LogP contribution in [0.4, 0.5) is 0 Å². The molecule has 80 valence electrons. The van der Waals surface area contributed by atoms with E-state index < -0.39 is 0 Å². The van der Waals surface area contributed by atoms with Gasteiger partial charge < -0.3 is 14.4 Å². The Bertz CT molecular complexity index is 474. The number of fused-ring (bicyclic) bond motifs is 1. The van der Waals surface area contributed by atoms with E-state index in [-0.39, 0.29) is 6.61 Å². The number of hydrogen-bond donors (Lipinski definition) is 1. The molecule has 1 N–H and O–H groups in total. The molecule has 0 amide bonds. The van der Waals surface area contributed by atoms with Gasteiger partial charge >= 0.3 is 0 Å². The van der Waals surface area contributed by atoms with E-state index in [1.165, 1.54) is 0 Å². The molecule has 1 aromatic carbocycles. The lowest BCUT2D eigenvalue weighted by Crippen LogP contribution is -1.91. The minimum Gasteiger partial charge on any atom is -0.497 e. The molecule has 3 nitrogen and oxygen atoms in total. The van der Waals surface area contributed by atoms with Crippen molar-refractivity contribution in [2.24, 2.45) is 0 Å². The molecule has 2 aromatic rings. The van der Waals surface area contributed by atoms with Crippen molar-refractivity contribution in [2.45, 2.75) is 20.1 Å². The zero-order valence-electron chi connectivity index (χ0n) is 9.03. The van der Waals surface area contributed by atoms with Crippen LogP contribution in [-0.4, -0.2) is 16.8 Å². The molecule has 0 saturated heterocycles. The molecular formula is C12H15NO2. The number of nitrogens with zero attached hydrogens (tertiary/aromatic N) is 1. The molecule has 0 aliphatic heterocycles. The minimum absolute atomic E-state index is 0.0792. The summed E-state index contributed by atoms with van der Waals surface area (Å²) in [5, 5.41) is 10.3. The lowest BCUT2D eigenvalue weighted by atomic mass is 10.2. The lowest BCUT2D eigenvalue weighted by molar-refractivity contribution is 0.283. The predicted molar refractivity (Wildman–Crippen MR) is 60.1 cm³/mol. The number of aliphatic hydroxyl groups is 1. The maximum absolute atomic E-state index is 9.23. The molecule has 3 heteroatoms. The normalized spacial score (nSPS) is 10.9. The summed E-state index contributed by atoms with van der Waals surface area (Å²) >= 11 is 0. The van der Waals surface area contributed by atoms with Crippen LogP contribution in [0.3, 0.4) is 0 Å². The average molecular weight is 205 g/mol. The van der Waals surface area contributed by atoms with Crippen LogP contribution in [0.1, 0.15) is 12.5 Å². The van der Waals surface area contributed by atoms with Gasteiger partial charge in [0.25, 0.3) is 0 Å². The molecule has 0 radical (unpaired) electrons. The molecule has 0 fully saturated rings. The van der Waals surface area contributed by atoms with Crippen LogP contribution in [0.15, 0.2) is 24.4 Å². The highest BCUT2D eigenvalue weighted by molar-refractivity contribution is 5.85. The van der Waals surface area contributed by atoms with Crippen molar-refractivity contribution < 1.29 is 9.84 Å². The highest BCUT2D eigenvalue weighted by Crippen LogP contribution is 2.25. The van der Waals surface area contributed by atoms with Gasteiger partial charge in [-0.2, -0.15) is 0 Å². The first-order chi connectivity index (χ1) is 7.30. The van der Waals surface area contributed by atoms with E-state index in [1.54, 1.807) is 7.11 Å². The van der Waals surface area contributed by atoms with Gasteiger partial charge in [-0.25, -0.2) is 0 Å². The number of hydrogen-bond acceptors (Lipinski definition) is 2. The molecule has 15 heavy (non-hydrogen) atoms. The van der Waals surface area contributed by atoms with Gasteiger partial charge in [-0.1, -0.05) is 0 Å². The van der Waals surface area contributed by atoms with Crippen molar-refractivity contribution in [3.63, 3.8) is 0 Å². The Morgan fingerprint density at radius 3 is 2.80 bits per heavy atom. The summed E-state index contributed by atoms with van der Waals surface area (Å²) in [5.41, 5.74) is 2.08. The third-order valence-electron chi connectivity index (χ3n) is 2.68. The van der Waals surface area contributed by atoms with E-state index >= 15 is 0 Å². The number of rotatable bonds is 3. The van der Waals surface area contributed by atoms with Crippen LogP contribution in [0, 0.1) is 0 Å². The highest BCUT2D eigenvalue weighted by Gasteiger charge is 2.07. The number of aryl methyl sites for hydroxylation is 1. The molecule has 0 atom stereocenters. The van der Waals surface area contributed by atoms with Gasteiger partial charge in [-0.15, -0.1) is 0 Å². The molecule has 2 rings (SSSR count). The fourth-order valence-electron chi connectivity index (χ4n) is 1.86. The third kappa shape index (κ3) is 1.59. The molecule has 0 spiro atoms. The van der Waals surface area contributed by atoms with Gasteiger partial charge in [0.1, 0.15) is 5.75 Å². The maximum atomic E-state index is 9.23. The number of aliphatic hydroxyl groups excluding tert-OH is 1. The Morgan fingerprint density at radius 1 is 1.40 bits per heavy atom. The molecule has 0 saturated carbocycles.